The molecule has 5 heteroatoms. The summed E-state index contributed by atoms with van der Waals surface area (Å²) in [5.74, 6) is 1.81. The zero-order valence-electron chi connectivity index (χ0n) is 11.9. The highest BCUT2D eigenvalue weighted by Gasteiger charge is 2.15. The number of nitrogens with two attached hydrogens (primary N) is 1. The van der Waals surface area contributed by atoms with E-state index in [4.69, 9.17) is 10.5 Å². The second-order valence-corrected chi connectivity index (χ2v) is 5.09. The third-order valence-corrected chi connectivity index (χ3v) is 3.25. The first-order chi connectivity index (χ1) is 10.1. The minimum absolute atomic E-state index is 0.180. The molecular formula is C16H16N4O. The minimum Gasteiger partial charge on any atom is -0.438 e. The number of benzene rings is 1. The molecular weight excluding hydrogens is 264 g/mol. The van der Waals surface area contributed by atoms with E-state index in [1.165, 1.54) is 6.33 Å². The maximum absolute atomic E-state index is 5.92. The Morgan fingerprint density at radius 1 is 1.10 bits per heavy atom. The fourth-order valence-corrected chi connectivity index (χ4v) is 2.24. The summed E-state index contributed by atoms with van der Waals surface area (Å²) in [6.45, 7) is 4.06. The van der Waals surface area contributed by atoms with Crippen molar-refractivity contribution in [3.63, 3.8) is 0 Å². The van der Waals surface area contributed by atoms with Crippen LogP contribution in [-0.4, -0.2) is 15.0 Å². The van der Waals surface area contributed by atoms with Crippen LogP contribution < -0.4 is 10.5 Å². The maximum atomic E-state index is 5.92. The van der Waals surface area contributed by atoms with Crippen LogP contribution >= 0.6 is 0 Å². The van der Waals surface area contributed by atoms with Crippen molar-refractivity contribution < 1.29 is 4.74 Å². The zero-order chi connectivity index (χ0) is 14.8. The fraction of sp³-hybridized carbons (Fsp3) is 0.188. The van der Waals surface area contributed by atoms with Crippen molar-refractivity contribution >= 4 is 16.7 Å². The highest BCUT2D eigenvalue weighted by atomic mass is 16.5. The molecule has 0 aliphatic carbocycles. The lowest BCUT2D eigenvalue weighted by Crippen LogP contribution is -2.04. The van der Waals surface area contributed by atoms with E-state index in [2.05, 4.69) is 15.0 Å². The maximum Gasteiger partial charge on any atom is 0.227 e. The molecule has 3 aromatic rings. The number of anilines is 1. The normalized spacial score (nSPS) is 11.0. The number of aromatic nitrogens is 3. The van der Waals surface area contributed by atoms with E-state index in [0.717, 1.165) is 16.5 Å². The Morgan fingerprint density at radius 2 is 1.95 bits per heavy atom. The summed E-state index contributed by atoms with van der Waals surface area (Å²) in [7, 11) is 0. The molecule has 0 saturated carbocycles. The topological polar surface area (TPSA) is 73.9 Å². The van der Waals surface area contributed by atoms with Gasteiger partial charge >= 0.3 is 0 Å². The predicted octanol–water partition coefficient (Wildman–Crippen LogP) is 3.52. The number of pyridine rings is 1. The third kappa shape index (κ3) is 2.63. The van der Waals surface area contributed by atoms with Gasteiger partial charge in [-0.2, -0.15) is 0 Å². The third-order valence-electron chi connectivity index (χ3n) is 3.25. The molecule has 0 amide bonds. The summed E-state index contributed by atoms with van der Waals surface area (Å²) in [5, 5.41) is 1.07. The SMILES string of the molecule is CC(C)c1c(N)ncnc1Oc1ccc2cccnc2c1. The van der Waals surface area contributed by atoms with Crippen LogP contribution in [-0.2, 0) is 0 Å². The summed E-state index contributed by atoms with van der Waals surface area (Å²) in [6, 6.07) is 9.67. The van der Waals surface area contributed by atoms with Gasteiger partial charge in [0.1, 0.15) is 17.9 Å². The molecule has 0 bridgehead atoms. The highest BCUT2D eigenvalue weighted by molar-refractivity contribution is 5.79. The average molecular weight is 280 g/mol. The van der Waals surface area contributed by atoms with Crippen LogP contribution in [0.2, 0.25) is 0 Å². The Morgan fingerprint density at radius 3 is 2.76 bits per heavy atom. The van der Waals surface area contributed by atoms with Crippen molar-refractivity contribution in [2.24, 2.45) is 0 Å². The first kappa shape index (κ1) is 13.3. The van der Waals surface area contributed by atoms with Crippen LogP contribution in [0.1, 0.15) is 25.3 Å². The first-order valence-corrected chi connectivity index (χ1v) is 6.78. The summed E-state index contributed by atoms with van der Waals surface area (Å²) in [6.07, 6.45) is 3.17. The van der Waals surface area contributed by atoms with E-state index in [0.29, 0.717) is 17.4 Å². The van der Waals surface area contributed by atoms with Gasteiger partial charge in [-0.25, -0.2) is 9.97 Å². The van der Waals surface area contributed by atoms with Gasteiger partial charge in [0.05, 0.1) is 11.1 Å². The summed E-state index contributed by atoms with van der Waals surface area (Å²) in [4.78, 5) is 12.6. The number of hydrogen-bond donors (Lipinski definition) is 1. The summed E-state index contributed by atoms with van der Waals surface area (Å²) < 4.78 is 5.89. The van der Waals surface area contributed by atoms with E-state index in [-0.39, 0.29) is 5.92 Å². The Bertz CT molecular complexity index is 786. The fourth-order valence-electron chi connectivity index (χ4n) is 2.24. The Balaban J connectivity index is 2.00. The molecule has 0 radical (unpaired) electrons. The van der Waals surface area contributed by atoms with Gasteiger partial charge < -0.3 is 10.5 Å². The molecule has 21 heavy (non-hydrogen) atoms. The molecule has 0 fully saturated rings. The van der Waals surface area contributed by atoms with Crippen molar-refractivity contribution in [2.75, 3.05) is 5.73 Å². The average Bonchev–Trinajstić information content (AvgIpc) is 2.47. The molecule has 1 aromatic carbocycles. The molecule has 106 valence electrons. The van der Waals surface area contributed by atoms with Crippen molar-refractivity contribution in [2.45, 2.75) is 19.8 Å². The van der Waals surface area contributed by atoms with E-state index in [1.807, 2.05) is 44.2 Å². The van der Waals surface area contributed by atoms with Crippen LogP contribution in [0.5, 0.6) is 11.6 Å². The van der Waals surface area contributed by atoms with E-state index < -0.39 is 0 Å². The van der Waals surface area contributed by atoms with Crippen molar-refractivity contribution in [3.05, 3.63) is 48.4 Å². The standard InChI is InChI=1S/C16H16N4O/c1-10(2)14-15(17)19-9-20-16(14)21-12-6-5-11-4-3-7-18-13(11)8-12/h3-10H,1-2H3,(H2,17,19,20). The number of nitrogen functional groups attached to an aromatic ring is 1. The van der Waals surface area contributed by atoms with Gasteiger partial charge in [0, 0.05) is 17.6 Å². The van der Waals surface area contributed by atoms with Crippen LogP contribution in [0.25, 0.3) is 10.9 Å². The largest absolute Gasteiger partial charge is 0.438 e. The van der Waals surface area contributed by atoms with Gasteiger partial charge in [-0.15, -0.1) is 0 Å². The van der Waals surface area contributed by atoms with Gasteiger partial charge in [0.15, 0.2) is 0 Å². The molecule has 0 aliphatic heterocycles. The van der Waals surface area contributed by atoms with E-state index in [1.54, 1.807) is 6.20 Å². The lowest BCUT2D eigenvalue weighted by atomic mass is 10.1. The molecule has 0 saturated heterocycles. The van der Waals surface area contributed by atoms with Crippen molar-refractivity contribution in [1.29, 1.82) is 0 Å². The molecule has 2 heterocycles. The molecule has 2 N–H and O–H groups in total. The number of hydrogen-bond acceptors (Lipinski definition) is 5. The second-order valence-electron chi connectivity index (χ2n) is 5.09. The van der Waals surface area contributed by atoms with Crippen LogP contribution in [0.4, 0.5) is 5.82 Å². The lowest BCUT2D eigenvalue weighted by molar-refractivity contribution is 0.452. The molecule has 0 atom stereocenters. The van der Waals surface area contributed by atoms with Crippen molar-refractivity contribution in [3.8, 4) is 11.6 Å². The van der Waals surface area contributed by atoms with E-state index >= 15 is 0 Å². The monoisotopic (exact) mass is 280 g/mol. The Labute approximate surface area is 122 Å². The van der Waals surface area contributed by atoms with Crippen molar-refractivity contribution in [1.82, 2.24) is 15.0 Å². The molecule has 0 unspecified atom stereocenters. The molecule has 3 rings (SSSR count). The summed E-state index contributed by atoms with van der Waals surface area (Å²) in [5.41, 5.74) is 7.62. The van der Waals surface area contributed by atoms with Gasteiger partial charge in [-0.05, 0) is 24.1 Å². The minimum atomic E-state index is 0.180. The van der Waals surface area contributed by atoms with Gasteiger partial charge in [-0.3, -0.25) is 4.98 Å². The number of nitrogens with zero attached hydrogens (tertiary/aromatic N) is 3. The number of rotatable bonds is 3. The van der Waals surface area contributed by atoms with Gasteiger partial charge in [-0.1, -0.05) is 19.9 Å². The smallest absolute Gasteiger partial charge is 0.227 e. The second kappa shape index (κ2) is 5.36. The molecule has 0 spiro atoms. The van der Waals surface area contributed by atoms with Crippen LogP contribution in [0.3, 0.4) is 0 Å². The number of ether oxygens (including phenoxy) is 1. The molecule has 2 aromatic heterocycles. The predicted molar refractivity (Wildman–Crippen MR) is 82.4 cm³/mol. The Kier molecular flexibility index (Phi) is 3.39. The Hall–Kier alpha value is -2.69. The van der Waals surface area contributed by atoms with Gasteiger partial charge in [0.2, 0.25) is 5.88 Å². The van der Waals surface area contributed by atoms with Crippen LogP contribution in [0.15, 0.2) is 42.9 Å². The first-order valence-electron chi connectivity index (χ1n) is 6.78. The number of fused-ring (bicyclic) bond motifs is 1. The lowest BCUT2D eigenvalue weighted by Gasteiger charge is -2.14. The molecule has 0 aliphatic rings. The van der Waals surface area contributed by atoms with Gasteiger partial charge in [0.25, 0.3) is 0 Å². The molecule has 5 nitrogen and oxygen atoms in total. The van der Waals surface area contributed by atoms with Crippen LogP contribution in [0, 0.1) is 0 Å². The zero-order valence-corrected chi connectivity index (χ0v) is 11.9. The highest BCUT2D eigenvalue weighted by Crippen LogP contribution is 2.32. The van der Waals surface area contributed by atoms with E-state index in [9.17, 15) is 0 Å². The summed E-state index contributed by atoms with van der Waals surface area (Å²) >= 11 is 0. The quantitative estimate of drug-likeness (QED) is 0.794.